The summed E-state index contributed by atoms with van der Waals surface area (Å²) < 4.78 is 5.21. The summed E-state index contributed by atoms with van der Waals surface area (Å²) in [6.45, 7) is 6.62. The van der Waals surface area contributed by atoms with Gasteiger partial charge < -0.3 is 20.5 Å². The Bertz CT molecular complexity index is 459. The number of carboxylic acid groups (broad SMARTS) is 1. The molecular weight excluding hydrogens is 280 g/mol. The van der Waals surface area contributed by atoms with Crippen LogP contribution >= 0.6 is 11.3 Å². The molecule has 0 aliphatic rings. The second kappa shape index (κ2) is 8.34. The summed E-state index contributed by atoms with van der Waals surface area (Å²) in [5, 5.41) is 15.8. The SMILES string of the molecule is C=C(C)COCCNC(=O)NC(C(=O)O)c1cccs1. The number of hydrogen-bond donors (Lipinski definition) is 3. The Kier molecular flexibility index (Phi) is 6.75. The molecule has 0 aromatic carbocycles. The van der Waals surface area contributed by atoms with Crippen LogP contribution in [0.3, 0.4) is 0 Å². The van der Waals surface area contributed by atoms with Gasteiger partial charge >= 0.3 is 12.0 Å². The van der Waals surface area contributed by atoms with Crippen LogP contribution in [0.15, 0.2) is 29.7 Å². The largest absolute Gasteiger partial charge is 0.479 e. The van der Waals surface area contributed by atoms with Gasteiger partial charge in [0.2, 0.25) is 0 Å². The molecule has 20 heavy (non-hydrogen) atoms. The van der Waals surface area contributed by atoms with Crippen LogP contribution in [0.2, 0.25) is 0 Å². The van der Waals surface area contributed by atoms with Crippen LogP contribution < -0.4 is 10.6 Å². The average Bonchev–Trinajstić information content (AvgIpc) is 2.88. The van der Waals surface area contributed by atoms with Gasteiger partial charge in [0, 0.05) is 11.4 Å². The number of hydrogen-bond acceptors (Lipinski definition) is 4. The van der Waals surface area contributed by atoms with Gasteiger partial charge in [0.15, 0.2) is 6.04 Å². The number of thiophene rings is 1. The fourth-order valence-corrected chi connectivity index (χ4v) is 2.14. The highest BCUT2D eigenvalue weighted by Crippen LogP contribution is 2.18. The summed E-state index contributed by atoms with van der Waals surface area (Å²) in [5.74, 6) is -1.10. The lowest BCUT2D eigenvalue weighted by molar-refractivity contribution is -0.139. The molecule has 1 heterocycles. The molecule has 0 saturated heterocycles. The van der Waals surface area contributed by atoms with Gasteiger partial charge in [0.1, 0.15) is 0 Å². The van der Waals surface area contributed by atoms with Crippen molar-refractivity contribution in [3.8, 4) is 0 Å². The van der Waals surface area contributed by atoms with Crippen LogP contribution in [0.5, 0.6) is 0 Å². The molecule has 1 aromatic heterocycles. The van der Waals surface area contributed by atoms with Crippen molar-refractivity contribution in [1.29, 1.82) is 0 Å². The Morgan fingerprint density at radius 2 is 2.30 bits per heavy atom. The maximum Gasteiger partial charge on any atom is 0.331 e. The van der Waals surface area contributed by atoms with Gasteiger partial charge in [0.05, 0.1) is 13.2 Å². The summed E-state index contributed by atoms with van der Waals surface area (Å²) >= 11 is 1.28. The van der Waals surface area contributed by atoms with Gasteiger partial charge in [-0.05, 0) is 18.4 Å². The molecule has 6 nitrogen and oxygen atoms in total. The molecule has 0 bridgehead atoms. The highest BCUT2D eigenvalue weighted by atomic mass is 32.1. The Balaban J connectivity index is 2.33. The van der Waals surface area contributed by atoms with Crippen molar-refractivity contribution in [2.24, 2.45) is 0 Å². The first-order valence-corrected chi connectivity index (χ1v) is 6.91. The monoisotopic (exact) mass is 298 g/mol. The highest BCUT2D eigenvalue weighted by Gasteiger charge is 2.22. The molecule has 0 aliphatic heterocycles. The van der Waals surface area contributed by atoms with Crippen molar-refractivity contribution in [2.75, 3.05) is 19.8 Å². The molecule has 110 valence electrons. The Labute approximate surface area is 121 Å². The molecule has 0 spiro atoms. The van der Waals surface area contributed by atoms with Crippen LogP contribution in [0.4, 0.5) is 4.79 Å². The van der Waals surface area contributed by atoms with E-state index in [2.05, 4.69) is 17.2 Å². The second-order valence-electron chi connectivity index (χ2n) is 4.20. The molecule has 0 aliphatic carbocycles. The molecule has 1 unspecified atom stereocenters. The van der Waals surface area contributed by atoms with Crippen LogP contribution in [-0.4, -0.2) is 36.9 Å². The fourth-order valence-electron chi connectivity index (χ4n) is 1.38. The number of amides is 2. The molecule has 1 atom stereocenters. The summed E-state index contributed by atoms with van der Waals surface area (Å²) in [7, 11) is 0. The quantitative estimate of drug-likeness (QED) is 0.504. The van der Waals surface area contributed by atoms with Crippen molar-refractivity contribution < 1.29 is 19.4 Å². The Morgan fingerprint density at radius 1 is 1.55 bits per heavy atom. The van der Waals surface area contributed by atoms with E-state index in [0.29, 0.717) is 24.6 Å². The van der Waals surface area contributed by atoms with Gasteiger partial charge in [-0.15, -0.1) is 11.3 Å². The predicted molar refractivity (Wildman–Crippen MR) is 76.9 cm³/mol. The van der Waals surface area contributed by atoms with Gasteiger partial charge in [0.25, 0.3) is 0 Å². The second-order valence-corrected chi connectivity index (χ2v) is 5.18. The van der Waals surface area contributed by atoms with Crippen LogP contribution in [-0.2, 0) is 9.53 Å². The minimum Gasteiger partial charge on any atom is -0.479 e. The third-order valence-electron chi connectivity index (χ3n) is 2.23. The summed E-state index contributed by atoms with van der Waals surface area (Å²) in [6.07, 6.45) is 0. The van der Waals surface area contributed by atoms with Gasteiger partial charge in [-0.3, -0.25) is 0 Å². The van der Waals surface area contributed by atoms with E-state index >= 15 is 0 Å². The van der Waals surface area contributed by atoms with Gasteiger partial charge in [-0.25, -0.2) is 9.59 Å². The zero-order chi connectivity index (χ0) is 15.0. The maximum atomic E-state index is 11.6. The molecule has 0 fully saturated rings. The van der Waals surface area contributed by atoms with E-state index in [4.69, 9.17) is 9.84 Å². The predicted octanol–water partition coefficient (Wildman–Crippen LogP) is 1.77. The van der Waals surface area contributed by atoms with Crippen molar-refractivity contribution >= 4 is 23.3 Å². The minimum absolute atomic E-state index is 0.301. The van der Waals surface area contributed by atoms with Crippen LogP contribution in [0.25, 0.3) is 0 Å². The molecule has 1 aromatic rings. The number of urea groups is 1. The molecule has 0 saturated carbocycles. The number of carboxylic acids is 1. The third-order valence-corrected chi connectivity index (χ3v) is 3.17. The number of carbonyl (C=O) groups is 2. The van der Waals surface area contributed by atoms with E-state index in [1.165, 1.54) is 11.3 Å². The van der Waals surface area contributed by atoms with Gasteiger partial charge in [-0.2, -0.15) is 0 Å². The zero-order valence-corrected chi connectivity index (χ0v) is 12.0. The zero-order valence-electron chi connectivity index (χ0n) is 11.2. The van der Waals surface area contributed by atoms with E-state index in [-0.39, 0.29) is 0 Å². The van der Waals surface area contributed by atoms with Crippen molar-refractivity contribution in [2.45, 2.75) is 13.0 Å². The third kappa shape index (κ3) is 5.85. The van der Waals surface area contributed by atoms with E-state index in [9.17, 15) is 9.59 Å². The molecule has 3 N–H and O–H groups in total. The molecular formula is C13H18N2O4S. The molecule has 2 amide bonds. The number of rotatable bonds is 8. The van der Waals surface area contributed by atoms with E-state index < -0.39 is 18.0 Å². The first kappa shape index (κ1) is 16.2. The number of nitrogens with one attached hydrogen (secondary N) is 2. The summed E-state index contributed by atoms with van der Waals surface area (Å²) in [4.78, 5) is 23.3. The molecule has 1 rings (SSSR count). The van der Waals surface area contributed by atoms with Crippen LogP contribution in [0, 0.1) is 0 Å². The first-order valence-electron chi connectivity index (χ1n) is 6.03. The number of carbonyl (C=O) groups excluding carboxylic acids is 1. The Morgan fingerprint density at radius 3 is 2.85 bits per heavy atom. The lowest BCUT2D eigenvalue weighted by Crippen LogP contribution is -2.41. The number of ether oxygens (including phenoxy) is 1. The molecule has 0 radical (unpaired) electrons. The fraction of sp³-hybridized carbons (Fsp3) is 0.385. The topological polar surface area (TPSA) is 87.7 Å². The van der Waals surface area contributed by atoms with E-state index in [0.717, 1.165) is 5.57 Å². The normalized spacial score (nSPS) is 11.7. The lowest BCUT2D eigenvalue weighted by Gasteiger charge is -2.13. The molecule has 7 heteroatoms. The van der Waals surface area contributed by atoms with Crippen molar-refractivity contribution in [3.05, 3.63) is 34.5 Å². The van der Waals surface area contributed by atoms with Crippen molar-refractivity contribution in [1.82, 2.24) is 10.6 Å². The minimum atomic E-state index is -1.10. The maximum absolute atomic E-state index is 11.6. The van der Waals surface area contributed by atoms with E-state index in [1.807, 2.05) is 6.92 Å². The smallest absolute Gasteiger partial charge is 0.331 e. The average molecular weight is 298 g/mol. The first-order chi connectivity index (χ1) is 9.50. The summed E-state index contributed by atoms with van der Waals surface area (Å²) in [5.41, 5.74) is 0.901. The van der Waals surface area contributed by atoms with Crippen LogP contribution in [0.1, 0.15) is 17.8 Å². The van der Waals surface area contributed by atoms with E-state index in [1.54, 1.807) is 17.5 Å². The van der Waals surface area contributed by atoms with Gasteiger partial charge in [-0.1, -0.05) is 18.2 Å². The Hall–Kier alpha value is -1.86. The number of aliphatic carboxylic acids is 1. The highest BCUT2D eigenvalue weighted by molar-refractivity contribution is 7.10. The lowest BCUT2D eigenvalue weighted by atomic mass is 10.2. The standard InChI is InChI=1S/C13H18N2O4S/c1-9(2)8-19-6-5-14-13(18)15-11(12(16)17)10-4-3-7-20-10/h3-4,7,11H,1,5-6,8H2,2H3,(H,16,17)(H2,14,15,18). The van der Waals surface area contributed by atoms with Crippen molar-refractivity contribution in [3.63, 3.8) is 0 Å². The summed E-state index contributed by atoms with van der Waals surface area (Å²) in [6, 6.07) is 1.83.